The van der Waals surface area contributed by atoms with E-state index >= 15 is 0 Å². The highest BCUT2D eigenvalue weighted by molar-refractivity contribution is 7.89. The van der Waals surface area contributed by atoms with E-state index in [0.717, 1.165) is 41.6 Å². The van der Waals surface area contributed by atoms with Crippen LogP contribution in [-0.2, 0) is 10.0 Å². The molecule has 0 bridgehead atoms. The lowest BCUT2D eigenvalue weighted by Gasteiger charge is -2.26. The van der Waals surface area contributed by atoms with Crippen molar-refractivity contribution < 1.29 is 8.42 Å². The minimum absolute atomic E-state index is 0.342. The average Bonchev–Trinajstić information content (AvgIpc) is 2.67. The number of hydrogen-bond acceptors (Lipinski definition) is 3. The van der Waals surface area contributed by atoms with Crippen molar-refractivity contribution in [2.24, 2.45) is 0 Å². The van der Waals surface area contributed by atoms with E-state index in [-0.39, 0.29) is 0 Å². The standard InChI is InChI=1S/C21H27N3O2S2/c1-15-10-11-18(14-19(15)28(25,26)24-12-5-4-6-13-24)22-21(27)23-20-16(2)8-7-9-17(20)3/h7-11,14H,4-6,12-13H2,1-3H3,(H2,22,23,27). The summed E-state index contributed by atoms with van der Waals surface area (Å²) in [6, 6.07) is 11.4. The number of para-hydroxylation sites is 1. The molecule has 28 heavy (non-hydrogen) atoms. The van der Waals surface area contributed by atoms with Gasteiger partial charge in [-0.1, -0.05) is 30.7 Å². The Balaban J connectivity index is 1.80. The molecule has 3 rings (SSSR count). The molecule has 1 fully saturated rings. The van der Waals surface area contributed by atoms with Gasteiger partial charge in [-0.3, -0.25) is 0 Å². The van der Waals surface area contributed by atoms with E-state index in [9.17, 15) is 8.42 Å². The van der Waals surface area contributed by atoms with Crippen LogP contribution in [0.25, 0.3) is 0 Å². The van der Waals surface area contributed by atoms with E-state index in [0.29, 0.717) is 28.8 Å². The van der Waals surface area contributed by atoms with Crippen molar-refractivity contribution in [1.82, 2.24) is 4.31 Å². The number of anilines is 2. The topological polar surface area (TPSA) is 61.4 Å². The predicted molar refractivity (Wildman–Crippen MR) is 120 cm³/mol. The van der Waals surface area contributed by atoms with Gasteiger partial charge < -0.3 is 10.6 Å². The summed E-state index contributed by atoms with van der Waals surface area (Å²) in [6.07, 6.45) is 2.92. The van der Waals surface area contributed by atoms with E-state index in [2.05, 4.69) is 10.6 Å². The van der Waals surface area contributed by atoms with Crippen LogP contribution in [0.4, 0.5) is 11.4 Å². The normalized spacial score (nSPS) is 15.2. The Hall–Kier alpha value is -1.96. The molecule has 0 unspecified atom stereocenters. The fraction of sp³-hybridized carbons (Fsp3) is 0.381. The number of nitrogens with zero attached hydrogens (tertiary/aromatic N) is 1. The number of piperidine rings is 1. The first kappa shape index (κ1) is 20.8. The third-order valence-electron chi connectivity index (χ3n) is 5.10. The summed E-state index contributed by atoms with van der Waals surface area (Å²) in [5, 5.41) is 6.78. The Morgan fingerprint density at radius 3 is 2.21 bits per heavy atom. The molecule has 1 aliphatic rings. The van der Waals surface area contributed by atoms with E-state index in [1.54, 1.807) is 10.4 Å². The Morgan fingerprint density at radius 2 is 1.57 bits per heavy atom. The maximum Gasteiger partial charge on any atom is 0.243 e. The first-order valence-electron chi connectivity index (χ1n) is 9.54. The fourth-order valence-electron chi connectivity index (χ4n) is 3.49. The first-order valence-corrected chi connectivity index (χ1v) is 11.4. The van der Waals surface area contributed by atoms with Crippen LogP contribution in [0, 0.1) is 20.8 Å². The lowest BCUT2D eigenvalue weighted by atomic mass is 10.1. The molecule has 0 saturated carbocycles. The van der Waals surface area contributed by atoms with Crippen molar-refractivity contribution in [3.8, 4) is 0 Å². The first-order chi connectivity index (χ1) is 13.3. The van der Waals surface area contributed by atoms with Crippen molar-refractivity contribution in [3.63, 3.8) is 0 Å². The van der Waals surface area contributed by atoms with Gasteiger partial charge in [-0.2, -0.15) is 4.31 Å². The zero-order valence-corrected chi connectivity index (χ0v) is 18.2. The second-order valence-corrected chi connectivity index (χ2v) is 9.61. The number of thiocarbonyl (C=S) groups is 1. The van der Waals surface area contributed by atoms with Gasteiger partial charge in [-0.25, -0.2) is 8.42 Å². The molecule has 2 aromatic carbocycles. The molecule has 7 heteroatoms. The van der Waals surface area contributed by atoms with Crippen molar-refractivity contribution in [2.75, 3.05) is 23.7 Å². The van der Waals surface area contributed by atoms with Gasteiger partial charge in [0.1, 0.15) is 0 Å². The number of aryl methyl sites for hydroxylation is 3. The molecule has 0 radical (unpaired) electrons. The van der Waals surface area contributed by atoms with Gasteiger partial charge >= 0.3 is 0 Å². The second-order valence-electron chi connectivity index (χ2n) is 7.29. The second kappa shape index (κ2) is 8.59. The van der Waals surface area contributed by atoms with Crippen LogP contribution in [0.3, 0.4) is 0 Å². The lowest BCUT2D eigenvalue weighted by Crippen LogP contribution is -2.36. The fourth-order valence-corrected chi connectivity index (χ4v) is 5.48. The molecular formula is C21H27N3O2S2. The average molecular weight is 418 g/mol. The van der Waals surface area contributed by atoms with Gasteiger partial charge in [-0.15, -0.1) is 0 Å². The molecule has 5 nitrogen and oxygen atoms in total. The Bertz CT molecular complexity index is 961. The zero-order valence-electron chi connectivity index (χ0n) is 16.6. The summed E-state index contributed by atoms with van der Waals surface area (Å²) in [5.74, 6) is 0. The summed E-state index contributed by atoms with van der Waals surface area (Å²) < 4.78 is 27.7. The number of sulfonamides is 1. The summed E-state index contributed by atoms with van der Waals surface area (Å²) in [4.78, 5) is 0.342. The third-order valence-corrected chi connectivity index (χ3v) is 7.34. The Kier molecular flexibility index (Phi) is 6.37. The summed E-state index contributed by atoms with van der Waals surface area (Å²) in [5.41, 5.74) is 4.56. The highest BCUT2D eigenvalue weighted by atomic mass is 32.2. The number of nitrogens with one attached hydrogen (secondary N) is 2. The maximum absolute atomic E-state index is 13.1. The van der Waals surface area contributed by atoms with Crippen LogP contribution >= 0.6 is 12.2 Å². The largest absolute Gasteiger partial charge is 0.332 e. The molecule has 1 heterocycles. The minimum atomic E-state index is -3.49. The highest BCUT2D eigenvalue weighted by Crippen LogP contribution is 2.26. The van der Waals surface area contributed by atoms with Crippen LogP contribution in [0.5, 0.6) is 0 Å². The van der Waals surface area contributed by atoms with E-state index < -0.39 is 10.0 Å². The van der Waals surface area contributed by atoms with Crippen molar-refractivity contribution >= 4 is 38.7 Å². The van der Waals surface area contributed by atoms with Crippen LogP contribution in [-0.4, -0.2) is 30.9 Å². The number of rotatable bonds is 4. The van der Waals surface area contributed by atoms with Gasteiger partial charge in [0.25, 0.3) is 0 Å². The van der Waals surface area contributed by atoms with Crippen LogP contribution in [0.15, 0.2) is 41.3 Å². The molecule has 0 aromatic heterocycles. The summed E-state index contributed by atoms with van der Waals surface area (Å²) in [7, 11) is -3.49. The lowest BCUT2D eigenvalue weighted by molar-refractivity contribution is 0.346. The van der Waals surface area contributed by atoms with Crippen molar-refractivity contribution in [1.29, 1.82) is 0 Å². The molecule has 0 amide bonds. The molecule has 1 aliphatic heterocycles. The molecule has 150 valence electrons. The van der Waals surface area contributed by atoms with Crippen LogP contribution in [0.2, 0.25) is 0 Å². The molecule has 0 aliphatic carbocycles. The molecular weight excluding hydrogens is 390 g/mol. The number of benzene rings is 2. The summed E-state index contributed by atoms with van der Waals surface area (Å²) >= 11 is 5.45. The van der Waals surface area contributed by atoms with Crippen molar-refractivity contribution in [2.45, 2.75) is 44.9 Å². The van der Waals surface area contributed by atoms with E-state index in [4.69, 9.17) is 12.2 Å². The highest BCUT2D eigenvalue weighted by Gasteiger charge is 2.27. The van der Waals surface area contributed by atoms with Gasteiger partial charge in [-0.05, 0) is 74.7 Å². The molecule has 2 N–H and O–H groups in total. The molecule has 0 spiro atoms. The quantitative estimate of drug-likeness (QED) is 0.712. The predicted octanol–water partition coefficient (Wildman–Crippen LogP) is 4.60. The van der Waals surface area contributed by atoms with Crippen molar-refractivity contribution in [3.05, 3.63) is 53.1 Å². The van der Waals surface area contributed by atoms with E-state index in [1.807, 2.05) is 51.1 Å². The zero-order chi connectivity index (χ0) is 20.3. The minimum Gasteiger partial charge on any atom is -0.332 e. The monoisotopic (exact) mass is 417 g/mol. The Labute approximate surface area is 173 Å². The van der Waals surface area contributed by atoms with E-state index in [1.165, 1.54) is 0 Å². The third kappa shape index (κ3) is 4.54. The smallest absolute Gasteiger partial charge is 0.243 e. The maximum atomic E-state index is 13.1. The molecule has 2 aromatic rings. The molecule has 1 saturated heterocycles. The van der Waals surface area contributed by atoms with Gasteiger partial charge in [0.15, 0.2) is 5.11 Å². The van der Waals surface area contributed by atoms with Crippen LogP contribution in [0.1, 0.15) is 36.0 Å². The van der Waals surface area contributed by atoms with Gasteiger partial charge in [0, 0.05) is 24.5 Å². The SMILES string of the molecule is Cc1ccc(NC(=S)Nc2c(C)cccc2C)cc1S(=O)(=O)N1CCCCC1. The number of hydrogen-bond donors (Lipinski definition) is 2. The summed E-state index contributed by atoms with van der Waals surface area (Å²) in [6.45, 7) is 7.05. The Morgan fingerprint density at radius 1 is 0.929 bits per heavy atom. The van der Waals surface area contributed by atoms with Gasteiger partial charge in [0.2, 0.25) is 10.0 Å². The van der Waals surface area contributed by atoms with Crippen LogP contribution < -0.4 is 10.6 Å². The molecule has 0 atom stereocenters. The van der Waals surface area contributed by atoms with Gasteiger partial charge in [0.05, 0.1) is 4.90 Å².